The van der Waals surface area contributed by atoms with E-state index in [0.29, 0.717) is 17.7 Å². The van der Waals surface area contributed by atoms with Crippen LogP contribution >= 0.6 is 23.5 Å². The molecule has 0 N–H and O–H groups in total. The van der Waals surface area contributed by atoms with Crippen molar-refractivity contribution in [2.75, 3.05) is 56.7 Å². The van der Waals surface area contributed by atoms with Crippen LogP contribution in [-0.2, 0) is 15.3 Å². The third-order valence-electron chi connectivity index (χ3n) is 4.67. The van der Waals surface area contributed by atoms with Crippen LogP contribution in [0.15, 0.2) is 30.3 Å². The fourth-order valence-electron chi connectivity index (χ4n) is 3.30. The topological polar surface area (TPSA) is 32.8 Å². The van der Waals surface area contributed by atoms with Crippen molar-refractivity contribution in [1.82, 2.24) is 9.80 Å². The number of morpholine rings is 1. The van der Waals surface area contributed by atoms with Gasteiger partial charge in [0, 0.05) is 37.7 Å². The first-order valence-corrected chi connectivity index (χ1v) is 11.4. The Labute approximate surface area is 159 Å². The monoisotopic (exact) mass is 380 g/mol. The Hall–Kier alpha value is -0.690. The standard InChI is InChI=1S/C19H28N2O2S2/c22-19(16-25-14-17-5-2-1-3-6-17)21-7-4-12-24-15-18(21)13-20-8-10-23-11-9-20/h1-3,5-6,18H,4,7-16H2/t18-/m1/s1. The van der Waals surface area contributed by atoms with Crippen LogP contribution in [0.25, 0.3) is 0 Å². The number of carbonyl (C=O) groups excluding carboxylic acids is 1. The van der Waals surface area contributed by atoms with Crippen molar-refractivity contribution in [3.05, 3.63) is 35.9 Å². The van der Waals surface area contributed by atoms with Crippen LogP contribution in [0.5, 0.6) is 0 Å². The van der Waals surface area contributed by atoms with Crippen molar-refractivity contribution in [3.8, 4) is 0 Å². The minimum absolute atomic E-state index is 0.307. The molecule has 0 bridgehead atoms. The first-order chi connectivity index (χ1) is 12.3. The summed E-state index contributed by atoms with van der Waals surface area (Å²) >= 11 is 3.73. The predicted octanol–water partition coefficient (Wildman–Crippen LogP) is 2.59. The van der Waals surface area contributed by atoms with Gasteiger partial charge in [-0.15, -0.1) is 11.8 Å². The number of hydrogen-bond acceptors (Lipinski definition) is 5. The Morgan fingerprint density at radius 1 is 1.20 bits per heavy atom. The van der Waals surface area contributed by atoms with Crippen LogP contribution in [0.2, 0.25) is 0 Å². The number of ether oxygens (including phenoxy) is 1. The van der Waals surface area contributed by atoms with E-state index < -0.39 is 0 Å². The molecule has 2 fully saturated rings. The molecule has 1 amide bonds. The lowest BCUT2D eigenvalue weighted by Gasteiger charge is -2.35. The molecule has 2 saturated heterocycles. The zero-order valence-corrected chi connectivity index (χ0v) is 16.4. The van der Waals surface area contributed by atoms with Gasteiger partial charge in [-0.3, -0.25) is 9.69 Å². The minimum atomic E-state index is 0.307. The highest BCUT2D eigenvalue weighted by molar-refractivity contribution is 7.99. The zero-order valence-electron chi connectivity index (χ0n) is 14.8. The van der Waals surface area contributed by atoms with Gasteiger partial charge in [-0.2, -0.15) is 11.8 Å². The molecule has 0 saturated carbocycles. The van der Waals surface area contributed by atoms with Gasteiger partial charge in [-0.25, -0.2) is 0 Å². The number of rotatable bonds is 6. The molecule has 0 radical (unpaired) electrons. The summed E-state index contributed by atoms with van der Waals surface area (Å²) in [5.41, 5.74) is 1.29. The third-order valence-corrected chi connectivity index (χ3v) is 6.86. The van der Waals surface area contributed by atoms with Gasteiger partial charge >= 0.3 is 0 Å². The molecule has 2 heterocycles. The van der Waals surface area contributed by atoms with Crippen molar-refractivity contribution in [2.24, 2.45) is 0 Å². The number of carbonyl (C=O) groups is 1. The minimum Gasteiger partial charge on any atom is -0.379 e. The molecule has 2 aliphatic rings. The van der Waals surface area contributed by atoms with Gasteiger partial charge in [0.05, 0.1) is 25.0 Å². The van der Waals surface area contributed by atoms with Gasteiger partial charge in [0.2, 0.25) is 5.91 Å². The highest BCUT2D eigenvalue weighted by Crippen LogP contribution is 2.20. The SMILES string of the molecule is O=C(CSCc1ccccc1)N1CCCSC[C@H]1CN1CCOCC1. The van der Waals surface area contributed by atoms with Crippen LogP contribution in [0, 0.1) is 0 Å². The number of amides is 1. The van der Waals surface area contributed by atoms with Crippen LogP contribution in [0.3, 0.4) is 0 Å². The second kappa shape index (κ2) is 10.5. The number of nitrogens with zero attached hydrogens (tertiary/aromatic N) is 2. The van der Waals surface area contributed by atoms with Crippen molar-refractivity contribution >= 4 is 29.4 Å². The van der Waals surface area contributed by atoms with E-state index in [2.05, 4.69) is 34.1 Å². The van der Waals surface area contributed by atoms with E-state index in [-0.39, 0.29) is 0 Å². The molecule has 0 spiro atoms. The predicted molar refractivity (Wildman–Crippen MR) is 107 cm³/mol. The summed E-state index contributed by atoms with van der Waals surface area (Å²) in [5.74, 6) is 4.02. The summed E-state index contributed by atoms with van der Waals surface area (Å²) < 4.78 is 5.45. The Kier molecular flexibility index (Phi) is 7.98. The van der Waals surface area contributed by atoms with Gasteiger partial charge in [-0.1, -0.05) is 30.3 Å². The highest BCUT2D eigenvalue weighted by atomic mass is 32.2. The fraction of sp³-hybridized carbons (Fsp3) is 0.632. The zero-order chi connectivity index (χ0) is 17.3. The van der Waals surface area contributed by atoms with Gasteiger partial charge in [0.15, 0.2) is 0 Å². The van der Waals surface area contributed by atoms with Crippen molar-refractivity contribution in [2.45, 2.75) is 18.2 Å². The molecular formula is C19H28N2O2S2. The van der Waals surface area contributed by atoms with E-state index in [0.717, 1.165) is 57.3 Å². The fourth-order valence-corrected chi connectivity index (χ4v) is 5.23. The molecule has 0 aromatic heterocycles. The molecule has 0 aliphatic carbocycles. The maximum absolute atomic E-state index is 12.8. The van der Waals surface area contributed by atoms with Crippen LogP contribution in [0.4, 0.5) is 0 Å². The second-order valence-corrected chi connectivity index (χ2v) is 8.70. The maximum atomic E-state index is 12.8. The van der Waals surface area contributed by atoms with Gasteiger partial charge in [-0.05, 0) is 17.7 Å². The number of thioether (sulfide) groups is 2. The van der Waals surface area contributed by atoms with E-state index in [1.54, 1.807) is 11.8 Å². The summed E-state index contributed by atoms with van der Waals surface area (Å²) in [6, 6.07) is 10.7. The van der Waals surface area contributed by atoms with E-state index >= 15 is 0 Å². The Bertz CT molecular complexity index is 523. The maximum Gasteiger partial charge on any atom is 0.232 e. The van der Waals surface area contributed by atoms with Crippen molar-refractivity contribution in [3.63, 3.8) is 0 Å². The summed E-state index contributed by atoms with van der Waals surface area (Å²) in [5, 5.41) is 0. The Morgan fingerprint density at radius 3 is 2.80 bits per heavy atom. The molecule has 4 nitrogen and oxygen atoms in total. The molecule has 1 aromatic carbocycles. The van der Waals surface area contributed by atoms with Crippen LogP contribution < -0.4 is 0 Å². The lowest BCUT2D eigenvalue weighted by Crippen LogP contribution is -2.50. The molecule has 6 heteroatoms. The van der Waals surface area contributed by atoms with Gasteiger partial charge < -0.3 is 9.64 Å². The summed E-state index contributed by atoms with van der Waals surface area (Å²) in [7, 11) is 0. The van der Waals surface area contributed by atoms with Crippen molar-refractivity contribution in [1.29, 1.82) is 0 Å². The molecule has 3 rings (SSSR count). The van der Waals surface area contributed by atoms with E-state index in [1.807, 2.05) is 17.8 Å². The quantitative estimate of drug-likeness (QED) is 0.758. The smallest absolute Gasteiger partial charge is 0.232 e. The lowest BCUT2D eigenvalue weighted by molar-refractivity contribution is -0.130. The second-order valence-electron chi connectivity index (χ2n) is 6.56. The van der Waals surface area contributed by atoms with E-state index in [9.17, 15) is 4.79 Å². The van der Waals surface area contributed by atoms with Crippen molar-refractivity contribution < 1.29 is 9.53 Å². The first kappa shape index (κ1) is 19.1. The van der Waals surface area contributed by atoms with Gasteiger partial charge in [0.25, 0.3) is 0 Å². The van der Waals surface area contributed by atoms with Crippen LogP contribution in [-0.4, -0.2) is 78.4 Å². The molecule has 138 valence electrons. The molecule has 2 aliphatic heterocycles. The first-order valence-electron chi connectivity index (χ1n) is 9.12. The lowest BCUT2D eigenvalue weighted by atomic mass is 10.2. The average molecular weight is 381 g/mol. The summed E-state index contributed by atoms with van der Waals surface area (Å²) in [6.45, 7) is 5.53. The Balaban J connectivity index is 1.51. The molecule has 25 heavy (non-hydrogen) atoms. The highest BCUT2D eigenvalue weighted by Gasteiger charge is 2.27. The van der Waals surface area contributed by atoms with Crippen LogP contribution in [0.1, 0.15) is 12.0 Å². The van der Waals surface area contributed by atoms with E-state index in [4.69, 9.17) is 4.74 Å². The number of benzene rings is 1. The molecule has 1 aromatic rings. The third kappa shape index (κ3) is 6.20. The summed E-state index contributed by atoms with van der Waals surface area (Å²) in [4.78, 5) is 17.5. The molecule has 1 atom stereocenters. The average Bonchev–Trinajstić information content (AvgIpc) is 2.89. The Morgan fingerprint density at radius 2 is 2.00 bits per heavy atom. The molecular weight excluding hydrogens is 352 g/mol. The normalized spacial score (nSPS) is 22.6. The largest absolute Gasteiger partial charge is 0.379 e. The van der Waals surface area contributed by atoms with Gasteiger partial charge in [0.1, 0.15) is 0 Å². The van der Waals surface area contributed by atoms with E-state index in [1.165, 1.54) is 11.3 Å². The summed E-state index contributed by atoms with van der Waals surface area (Å²) in [6.07, 6.45) is 1.11. The number of hydrogen-bond donors (Lipinski definition) is 0. The molecule has 0 unspecified atom stereocenters.